The number of pyridine rings is 1. The van der Waals surface area contributed by atoms with Crippen molar-refractivity contribution in [1.82, 2.24) is 4.98 Å². The molecule has 3 N–H and O–H groups in total. The van der Waals surface area contributed by atoms with Crippen LogP contribution in [-0.2, 0) is 4.79 Å². The molecule has 1 aromatic rings. The number of nitrogens with one attached hydrogen (secondary N) is 1. The van der Waals surface area contributed by atoms with E-state index in [1.165, 1.54) is 0 Å². The summed E-state index contributed by atoms with van der Waals surface area (Å²) in [6.07, 6.45) is 3.11. The Kier molecular flexibility index (Phi) is 4.09. The van der Waals surface area contributed by atoms with E-state index in [2.05, 4.69) is 17.2 Å². The van der Waals surface area contributed by atoms with Crippen LogP contribution in [0.1, 0.15) is 26.7 Å². The van der Waals surface area contributed by atoms with Gasteiger partial charge in [0.2, 0.25) is 5.91 Å². The Hall–Kier alpha value is -1.58. The van der Waals surface area contributed by atoms with Crippen LogP contribution in [0, 0.1) is 5.92 Å². The zero-order chi connectivity index (χ0) is 11.3. The molecule has 4 heteroatoms. The van der Waals surface area contributed by atoms with E-state index in [9.17, 15) is 4.79 Å². The molecule has 0 unspecified atom stereocenters. The van der Waals surface area contributed by atoms with Crippen LogP contribution in [0.4, 0.5) is 11.5 Å². The molecule has 0 aliphatic carbocycles. The highest BCUT2D eigenvalue weighted by atomic mass is 16.1. The molecule has 0 aromatic carbocycles. The summed E-state index contributed by atoms with van der Waals surface area (Å²) in [5, 5.41) is 2.75. The van der Waals surface area contributed by atoms with Gasteiger partial charge in [0.05, 0.1) is 5.69 Å². The Bertz CT molecular complexity index is 338. The predicted octanol–water partition coefficient (Wildman–Crippen LogP) is 2.04. The van der Waals surface area contributed by atoms with E-state index >= 15 is 0 Å². The molecule has 0 aliphatic heterocycles. The zero-order valence-corrected chi connectivity index (χ0v) is 9.16. The minimum Gasteiger partial charge on any atom is -0.382 e. The van der Waals surface area contributed by atoms with Gasteiger partial charge in [0.25, 0.3) is 0 Å². The Morgan fingerprint density at radius 2 is 2.40 bits per heavy atom. The number of rotatable bonds is 4. The normalized spacial score (nSPS) is 12.1. The predicted molar refractivity (Wildman–Crippen MR) is 61.4 cm³/mol. The van der Waals surface area contributed by atoms with Crippen LogP contribution >= 0.6 is 0 Å². The number of amides is 1. The maximum atomic E-state index is 11.5. The SMILES string of the molecule is CC[C@H](C)CC(=O)Nc1cccnc1N. The molecular weight excluding hydrogens is 190 g/mol. The Labute approximate surface area is 89.9 Å². The molecular formula is C11H17N3O. The topological polar surface area (TPSA) is 68.0 Å². The summed E-state index contributed by atoms with van der Waals surface area (Å²) in [4.78, 5) is 15.4. The van der Waals surface area contributed by atoms with Crippen LogP contribution in [0.2, 0.25) is 0 Å². The minimum atomic E-state index is -0.0101. The Morgan fingerprint density at radius 3 is 3.00 bits per heavy atom. The third-order valence-corrected chi connectivity index (χ3v) is 2.34. The molecule has 4 nitrogen and oxygen atoms in total. The lowest BCUT2D eigenvalue weighted by atomic mass is 10.1. The first kappa shape index (κ1) is 11.5. The van der Waals surface area contributed by atoms with Crippen LogP contribution in [0.25, 0.3) is 0 Å². The standard InChI is InChI=1S/C11H17N3O/c1-3-8(2)7-10(15)14-9-5-4-6-13-11(9)12/h4-6,8H,3,7H2,1-2H3,(H2,12,13)(H,14,15)/t8-/m0/s1. The van der Waals surface area contributed by atoms with Crippen LogP contribution in [0.3, 0.4) is 0 Å². The number of aromatic nitrogens is 1. The largest absolute Gasteiger partial charge is 0.382 e. The van der Waals surface area contributed by atoms with Gasteiger partial charge in [-0.1, -0.05) is 20.3 Å². The molecule has 0 spiro atoms. The summed E-state index contributed by atoms with van der Waals surface area (Å²) in [7, 11) is 0. The van der Waals surface area contributed by atoms with Gasteiger partial charge in [-0.2, -0.15) is 0 Å². The van der Waals surface area contributed by atoms with Crippen molar-refractivity contribution in [3.63, 3.8) is 0 Å². The maximum Gasteiger partial charge on any atom is 0.224 e. The summed E-state index contributed by atoms with van der Waals surface area (Å²) >= 11 is 0. The summed E-state index contributed by atoms with van der Waals surface area (Å²) in [5.41, 5.74) is 6.20. The number of carbonyl (C=O) groups is 1. The van der Waals surface area contributed by atoms with E-state index in [1.807, 2.05) is 6.92 Å². The van der Waals surface area contributed by atoms with Gasteiger partial charge < -0.3 is 11.1 Å². The van der Waals surface area contributed by atoms with E-state index in [0.29, 0.717) is 23.8 Å². The molecule has 0 bridgehead atoms. The number of carbonyl (C=O) groups excluding carboxylic acids is 1. The average Bonchev–Trinajstić information content (AvgIpc) is 2.21. The Morgan fingerprint density at radius 1 is 1.67 bits per heavy atom. The van der Waals surface area contributed by atoms with E-state index < -0.39 is 0 Å². The number of nitrogens with two attached hydrogens (primary N) is 1. The van der Waals surface area contributed by atoms with E-state index in [-0.39, 0.29) is 5.91 Å². The average molecular weight is 207 g/mol. The number of anilines is 2. The van der Waals surface area contributed by atoms with Gasteiger partial charge >= 0.3 is 0 Å². The lowest BCUT2D eigenvalue weighted by molar-refractivity contribution is -0.117. The fourth-order valence-electron chi connectivity index (χ4n) is 1.19. The molecule has 1 rings (SSSR count). The first-order valence-electron chi connectivity index (χ1n) is 5.13. The Balaban J connectivity index is 2.55. The molecule has 0 fully saturated rings. The summed E-state index contributed by atoms with van der Waals surface area (Å²) in [6, 6.07) is 3.49. The number of hydrogen-bond donors (Lipinski definition) is 2. The van der Waals surface area contributed by atoms with Crippen molar-refractivity contribution >= 4 is 17.4 Å². The molecule has 1 amide bonds. The first-order chi connectivity index (χ1) is 7.13. The lowest BCUT2D eigenvalue weighted by Crippen LogP contribution is -2.16. The van der Waals surface area contributed by atoms with Gasteiger partial charge in [-0.15, -0.1) is 0 Å². The highest BCUT2D eigenvalue weighted by molar-refractivity contribution is 5.93. The quantitative estimate of drug-likeness (QED) is 0.793. The van der Waals surface area contributed by atoms with Crippen molar-refractivity contribution in [2.75, 3.05) is 11.1 Å². The fraction of sp³-hybridized carbons (Fsp3) is 0.455. The summed E-state index contributed by atoms with van der Waals surface area (Å²) in [5.74, 6) is 0.738. The fourth-order valence-corrected chi connectivity index (χ4v) is 1.19. The molecule has 82 valence electrons. The molecule has 1 aromatic heterocycles. The smallest absolute Gasteiger partial charge is 0.224 e. The molecule has 0 saturated carbocycles. The van der Waals surface area contributed by atoms with Crippen LogP contribution in [-0.4, -0.2) is 10.9 Å². The van der Waals surface area contributed by atoms with Crippen LogP contribution in [0.5, 0.6) is 0 Å². The monoisotopic (exact) mass is 207 g/mol. The molecule has 0 aliphatic rings. The lowest BCUT2D eigenvalue weighted by Gasteiger charge is -2.09. The van der Waals surface area contributed by atoms with Gasteiger partial charge in [-0.3, -0.25) is 4.79 Å². The van der Waals surface area contributed by atoms with Crippen molar-refractivity contribution in [3.05, 3.63) is 18.3 Å². The number of nitrogen functional groups attached to an aromatic ring is 1. The van der Waals surface area contributed by atoms with Gasteiger partial charge in [0, 0.05) is 12.6 Å². The van der Waals surface area contributed by atoms with Gasteiger partial charge in [-0.25, -0.2) is 4.98 Å². The maximum absolute atomic E-state index is 11.5. The van der Waals surface area contributed by atoms with Crippen molar-refractivity contribution in [3.8, 4) is 0 Å². The van der Waals surface area contributed by atoms with E-state index in [0.717, 1.165) is 6.42 Å². The second-order valence-corrected chi connectivity index (χ2v) is 3.70. The second-order valence-electron chi connectivity index (χ2n) is 3.70. The third kappa shape index (κ3) is 3.58. The zero-order valence-electron chi connectivity index (χ0n) is 9.16. The third-order valence-electron chi connectivity index (χ3n) is 2.34. The van der Waals surface area contributed by atoms with Crippen molar-refractivity contribution in [2.45, 2.75) is 26.7 Å². The number of nitrogens with zero attached hydrogens (tertiary/aromatic N) is 1. The minimum absolute atomic E-state index is 0.0101. The van der Waals surface area contributed by atoms with Crippen molar-refractivity contribution in [1.29, 1.82) is 0 Å². The van der Waals surface area contributed by atoms with E-state index in [4.69, 9.17) is 5.73 Å². The number of hydrogen-bond acceptors (Lipinski definition) is 3. The molecule has 0 radical (unpaired) electrons. The summed E-state index contributed by atoms with van der Waals surface area (Å²) in [6.45, 7) is 4.11. The van der Waals surface area contributed by atoms with Crippen molar-refractivity contribution in [2.24, 2.45) is 5.92 Å². The molecule has 1 atom stereocenters. The van der Waals surface area contributed by atoms with Gasteiger partial charge in [0.15, 0.2) is 0 Å². The van der Waals surface area contributed by atoms with Gasteiger partial charge in [0.1, 0.15) is 5.82 Å². The molecule has 0 saturated heterocycles. The first-order valence-corrected chi connectivity index (χ1v) is 5.13. The second kappa shape index (κ2) is 5.34. The van der Waals surface area contributed by atoms with Gasteiger partial charge in [-0.05, 0) is 18.1 Å². The van der Waals surface area contributed by atoms with E-state index in [1.54, 1.807) is 18.3 Å². The van der Waals surface area contributed by atoms with Crippen LogP contribution in [0.15, 0.2) is 18.3 Å². The van der Waals surface area contributed by atoms with Crippen LogP contribution < -0.4 is 11.1 Å². The van der Waals surface area contributed by atoms with Crippen molar-refractivity contribution < 1.29 is 4.79 Å². The highest BCUT2D eigenvalue weighted by Crippen LogP contribution is 2.15. The molecule has 1 heterocycles. The summed E-state index contributed by atoms with van der Waals surface area (Å²) < 4.78 is 0. The highest BCUT2D eigenvalue weighted by Gasteiger charge is 2.08. The molecule has 15 heavy (non-hydrogen) atoms.